The first-order valence-electron chi connectivity index (χ1n) is 10.4. The maximum Gasteiger partial charge on any atom is 0.316 e. The van der Waals surface area contributed by atoms with Gasteiger partial charge in [-0.25, -0.2) is 4.79 Å². The normalized spacial score (nSPS) is 14.6. The molecule has 0 bridgehead atoms. The van der Waals surface area contributed by atoms with E-state index in [2.05, 4.69) is 20.8 Å². The summed E-state index contributed by atoms with van der Waals surface area (Å²) in [6, 6.07) is -4.33. The number of aliphatic hydroxyl groups excluding tert-OH is 1. The summed E-state index contributed by atoms with van der Waals surface area (Å²) in [5, 5.41) is 26.7. The van der Waals surface area contributed by atoms with E-state index in [0.29, 0.717) is 0 Å². The SMILES string of the molecule is CC(C)[C@H](CC(=O)[C@H](CCC(N)=O)NC(=O)N[C@@H](CC(N)=O)c1nc([C@@H](N)CO)no1)C(=O)O. The summed E-state index contributed by atoms with van der Waals surface area (Å²) in [4.78, 5) is 63.4. The summed E-state index contributed by atoms with van der Waals surface area (Å²) in [6.07, 6.45) is -1.24. The fourth-order valence-corrected chi connectivity index (χ4v) is 2.95. The zero-order valence-corrected chi connectivity index (χ0v) is 18.9. The number of aliphatic hydroxyl groups is 1. The molecule has 15 heteroatoms. The van der Waals surface area contributed by atoms with Crippen LogP contribution in [0, 0.1) is 11.8 Å². The van der Waals surface area contributed by atoms with Crippen molar-refractivity contribution in [1.82, 2.24) is 20.8 Å². The van der Waals surface area contributed by atoms with E-state index in [1.807, 2.05) is 0 Å². The number of aliphatic carboxylic acids is 1. The molecule has 0 aromatic carbocycles. The first-order chi connectivity index (χ1) is 15.8. The van der Waals surface area contributed by atoms with Gasteiger partial charge in [-0.1, -0.05) is 19.0 Å². The fraction of sp³-hybridized carbons (Fsp3) is 0.632. The van der Waals surface area contributed by atoms with Gasteiger partial charge in [-0.05, 0) is 12.3 Å². The van der Waals surface area contributed by atoms with Crippen molar-refractivity contribution in [3.8, 4) is 0 Å². The molecule has 0 aliphatic carbocycles. The van der Waals surface area contributed by atoms with Crippen molar-refractivity contribution in [2.45, 2.75) is 57.7 Å². The molecule has 1 aromatic heterocycles. The van der Waals surface area contributed by atoms with Gasteiger partial charge in [0, 0.05) is 12.8 Å². The molecular formula is C19H31N7O8. The second-order valence-electron chi connectivity index (χ2n) is 8.04. The van der Waals surface area contributed by atoms with E-state index in [1.54, 1.807) is 13.8 Å². The minimum Gasteiger partial charge on any atom is -0.481 e. The lowest BCUT2D eigenvalue weighted by molar-refractivity contribution is -0.145. The van der Waals surface area contributed by atoms with E-state index in [-0.39, 0.29) is 36.9 Å². The number of Topliss-reactive ketones (excluding diaryl/α,β-unsaturated/α-hetero) is 1. The van der Waals surface area contributed by atoms with Gasteiger partial charge in [0.25, 0.3) is 0 Å². The number of nitrogens with two attached hydrogens (primary N) is 3. The average molecular weight is 485 g/mol. The van der Waals surface area contributed by atoms with Crippen molar-refractivity contribution >= 4 is 29.6 Å². The van der Waals surface area contributed by atoms with Crippen LogP contribution in [0.5, 0.6) is 0 Å². The molecule has 0 saturated carbocycles. The minimum atomic E-state index is -1.23. The molecule has 0 unspecified atom stereocenters. The van der Waals surface area contributed by atoms with Crippen LogP contribution in [0.15, 0.2) is 4.52 Å². The monoisotopic (exact) mass is 485 g/mol. The summed E-state index contributed by atoms with van der Waals surface area (Å²) in [5.74, 6) is -4.97. The third-order valence-electron chi connectivity index (χ3n) is 4.91. The molecule has 1 heterocycles. The Morgan fingerprint density at radius 1 is 1.06 bits per heavy atom. The van der Waals surface area contributed by atoms with Crippen molar-refractivity contribution in [3.05, 3.63) is 11.7 Å². The predicted octanol–water partition coefficient (Wildman–Crippen LogP) is -1.77. The number of carbonyl (C=O) groups excluding carboxylic acids is 4. The van der Waals surface area contributed by atoms with E-state index in [0.717, 1.165) is 0 Å². The van der Waals surface area contributed by atoms with Crippen LogP contribution < -0.4 is 27.8 Å². The van der Waals surface area contributed by atoms with Crippen LogP contribution in [-0.4, -0.2) is 62.6 Å². The van der Waals surface area contributed by atoms with Gasteiger partial charge in [0.15, 0.2) is 11.6 Å². The topological polar surface area (TPSA) is 267 Å². The second kappa shape index (κ2) is 13.2. The van der Waals surface area contributed by atoms with Crippen molar-refractivity contribution in [2.75, 3.05) is 6.61 Å². The average Bonchev–Trinajstić information content (AvgIpc) is 3.23. The first kappa shape index (κ1) is 28.4. The van der Waals surface area contributed by atoms with E-state index >= 15 is 0 Å². The highest BCUT2D eigenvalue weighted by Gasteiger charge is 2.31. The van der Waals surface area contributed by atoms with Gasteiger partial charge >= 0.3 is 12.0 Å². The molecule has 34 heavy (non-hydrogen) atoms. The molecule has 1 rings (SSSR count). The molecule has 0 aliphatic heterocycles. The van der Waals surface area contributed by atoms with Gasteiger partial charge in [-0.3, -0.25) is 19.2 Å². The van der Waals surface area contributed by atoms with Gasteiger partial charge in [-0.15, -0.1) is 0 Å². The van der Waals surface area contributed by atoms with E-state index in [1.165, 1.54) is 0 Å². The Kier molecular flexibility index (Phi) is 11.0. The predicted molar refractivity (Wildman–Crippen MR) is 114 cm³/mol. The molecular weight excluding hydrogens is 454 g/mol. The highest BCUT2D eigenvalue weighted by Crippen LogP contribution is 2.19. The molecule has 4 atom stereocenters. The van der Waals surface area contributed by atoms with E-state index < -0.39 is 66.7 Å². The maximum atomic E-state index is 12.7. The Bertz CT molecular complexity index is 888. The van der Waals surface area contributed by atoms with Crippen molar-refractivity contribution in [2.24, 2.45) is 29.0 Å². The number of ketones is 1. The van der Waals surface area contributed by atoms with Crippen LogP contribution in [0.3, 0.4) is 0 Å². The summed E-state index contributed by atoms with van der Waals surface area (Å²) in [7, 11) is 0. The number of carboxylic acids is 1. The molecule has 0 fully saturated rings. The number of urea groups is 1. The van der Waals surface area contributed by atoms with Gasteiger partial charge < -0.3 is 42.6 Å². The largest absolute Gasteiger partial charge is 0.481 e. The second-order valence-corrected chi connectivity index (χ2v) is 8.04. The zero-order chi connectivity index (χ0) is 26.0. The minimum absolute atomic E-state index is 0.0721. The Hall–Kier alpha value is -3.59. The lowest BCUT2D eigenvalue weighted by atomic mass is 9.88. The number of nitrogens with one attached hydrogen (secondary N) is 2. The van der Waals surface area contributed by atoms with Gasteiger partial charge in [0.05, 0.1) is 31.0 Å². The van der Waals surface area contributed by atoms with Crippen molar-refractivity contribution in [3.63, 3.8) is 0 Å². The molecule has 0 spiro atoms. The third-order valence-corrected chi connectivity index (χ3v) is 4.91. The number of carboxylic acid groups (broad SMARTS) is 1. The van der Waals surface area contributed by atoms with Gasteiger partial charge in [-0.2, -0.15) is 4.98 Å². The number of hydrogen-bond donors (Lipinski definition) is 7. The highest BCUT2D eigenvalue weighted by molar-refractivity contribution is 5.91. The lowest BCUT2D eigenvalue weighted by Gasteiger charge is -2.22. The quantitative estimate of drug-likeness (QED) is 0.146. The molecule has 15 nitrogen and oxygen atoms in total. The Morgan fingerprint density at radius 3 is 2.21 bits per heavy atom. The van der Waals surface area contributed by atoms with Crippen LogP contribution in [0.2, 0.25) is 0 Å². The summed E-state index contributed by atoms with van der Waals surface area (Å²) >= 11 is 0. The van der Waals surface area contributed by atoms with E-state index in [9.17, 15) is 29.1 Å². The molecule has 0 radical (unpaired) electrons. The van der Waals surface area contributed by atoms with Crippen LogP contribution >= 0.6 is 0 Å². The lowest BCUT2D eigenvalue weighted by Crippen LogP contribution is -2.48. The number of aromatic nitrogens is 2. The highest BCUT2D eigenvalue weighted by atomic mass is 16.5. The van der Waals surface area contributed by atoms with Crippen LogP contribution in [-0.2, 0) is 19.2 Å². The van der Waals surface area contributed by atoms with Crippen molar-refractivity contribution < 1.29 is 38.7 Å². The number of amides is 4. The number of nitrogens with zero attached hydrogens (tertiary/aromatic N) is 2. The third kappa shape index (κ3) is 9.11. The van der Waals surface area contributed by atoms with E-state index in [4.69, 9.17) is 26.8 Å². The van der Waals surface area contributed by atoms with Crippen LogP contribution in [0.25, 0.3) is 0 Å². The molecule has 190 valence electrons. The summed E-state index contributed by atoms with van der Waals surface area (Å²) < 4.78 is 4.99. The van der Waals surface area contributed by atoms with Gasteiger partial charge in [0.1, 0.15) is 6.04 Å². The first-order valence-corrected chi connectivity index (χ1v) is 10.4. The standard InChI is InChI=1S/C19H31N7O8/c1-8(2)9(18(31)32)5-13(28)11(3-4-14(21)29)23-19(33)24-12(6-15(22)30)17-25-16(26-34-17)10(20)7-27/h8-12,27H,3-7,20H2,1-2H3,(H2,21,29)(H2,22,30)(H,31,32)(H2,23,24,33)/t9-,10-,11-,12-/m0/s1. The number of hydrogen-bond acceptors (Lipinski definition) is 10. The number of carbonyl (C=O) groups is 5. The molecule has 0 saturated heterocycles. The fourth-order valence-electron chi connectivity index (χ4n) is 2.95. The Morgan fingerprint density at radius 2 is 1.71 bits per heavy atom. The van der Waals surface area contributed by atoms with Gasteiger partial charge in [0.2, 0.25) is 17.7 Å². The zero-order valence-electron chi connectivity index (χ0n) is 18.9. The maximum absolute atomic E-state index is 12.7. The molecule has 4 amide bonds. The molecule has 1 aromatic rings. The summed E-state index contributed by atoms with van der Waals surface area (Å²) in [5.41, 5.74) is 16.0. The van der Waals surface area contributed by atoms with Crippen molar-refractivity contribution in [1.29, 1.82) is 0 Å². The molecule has 0 aliphatic rings. The Labute approximate surface area is 194 Å². The number of rotatable bonds is 15. The number of primary amides is 2. The Balaban J connectivity index is 3.01. The summed E-state index contributed by atoms with van der Waals surface area (Å²) in [6.45, 7) is 2.80. The molecule has 10 N–H and O–H groups in total. The smallest absolute Gasteiger partial charge is 0.316 e. The van der Waals surface area contributed by atoms with Crippen LogP contribution in [0.1, 0.15) is 63.3 Å². The van der Waals surface area contributed by atoms with Crippen LogP contribution in [0.4, 0.5) is 4.79 Å².